The van der Waals surface area contributed by atoms with Gasteiger partial charge >= 0.3 is 0 Å². The molecule has 8 nitrogen and oxygen atoms in total. The van der Waals surface area contributed by atoms with Crippen molar-refractivity contribution in [3.63, 3.8) is 0 Å². The number of benzene rings is 2. The Labute approximate surface area is 184 Å². The minimum absolute atomic E-state index is 0.128. The maximum absolute atomic E-state index is 12.9. The Kier molecular flexibility index (Phi) is 7.15. The Balaban J connectivity index is 1.79. The molecule has 2 aromatic carbocycles. The molecule has 1 heterocycles. The van der Waals surface area contributed by atoms with Crippen LogP contribution in [0.2, 0.25) is 5.02 Å². The molecule has 0 saturated carbocycles. The SMILES string of the molecule is CCC(NC(=O)c1cc(Cl)c(OCC(N)=O)c(OC)c1)c1ncc(-c2ccccc2)[nH]1. The lowest BCUT2D eigenvalue weighted by Crippen LogP contribution is -2.29. The molecule has 1 aromatic heterocycles. The first-order valence-corrected chi connectivity index (χ1v) is 10.0. The Morgan fingerprint density at radius 1 is 1.26 bits per heavy atom. The summed E-state index contributed by atoms with van der Waals surface area (Å²) >= 11 is 6.24. The van der Waals surface area contributed by atoms with Crippen LogP contribution in [0.4, 0.5) is 0 Å². The van der Waals surface area contributed by atoms with E-state index in [-0.39, 0.29) is 40.6 Å². The van der Waals surface area contributed by atoms with E-state index in [0.29, 0.717) is 12.2 Å². The number of halogens is 1. The molecule has 31 heavy (non-hydrogen) atoms. The Morgan fingerprint density at radius 2 is 2.00 bits per heavy atom. The first kappa shape index (κ1) is 22.2. The Bertz CT molecular complexity index is 1070. The van der Waals surface area contributed by atoms with E-state index >= 15 is 0 Å². The predicted molar refractivity (Wildman–Crippen MR) is 117 cm³/mol. The van der Waals surface area contributed by atoms with E-state index in [9.17, 15) is 9.59 Å². The van der Waals surface area contributed by atoms with Gasteiger partial charge in [0, 0.05) is 5.56 Å². The molecule has 2 amide bonds. The van der Waals surface area contributed by atoms with E-state index in [0.717, 1.165) is 11.3 Å². The number of ether oxygens (including phenoxy) is 2. The van der Waals surface area contributed by atoms with Gasteiger partial charge in [0.1, 0.15) is 5.82 Å². The number of primary amides is 1. The number of nitrogens with zero attached hydrogens (tertiary/aromatic N) is 1. The van der Waals surface area contributed by atoms with E-state index in [1.165, 1.54) is 19.2 Å². The third kappa shape index (κ3) is 5.35. The van der Waals surface area contributed by atoms with Crippen LogP contribution < -0.4 is 20.5 Å². The van der Waals surface area contributed by atoms with Crippen molar-refractivity contribution in [2.45, 2.75) is 19.4 Å². The molecule has 0 bridgehead atoms. The number of imidazole rings is 1. The van der Waals surface area contributed by atoms with Crippen molar-refractivity contribution in [1.82, 2.24) is 15.3 Å². The molecule has 9 heteroatoms. The molecule has 1 unspecified atom stereocenters. The third-order valence-electron chi connectivity index (χ3n) is 4.57. The zero-order valence-electron chi connectivity index (χ0n) is 17.1. The fourth-order valence-corrected chi connectivity index (χ4v) is 3.28. The predicted octanol–water partition coefficient (Wildman–Crippen LogP) is 3.48. The summed E-state index contributed by atoms with van der Waals surface area (Å²) in [5.41, 5.74) is 7.25. The normalized spacial score (nSPS) is 11.6. The highest BCUT2D eigenvalue weighted by molar-refractivity contribution is 6.32. The molecule has 3 rings (SSSR count). The van der Waals surface area contributed by atoms with Crippen molar-refractivity contribution in [1.29, 1.82) is 0 Å². The molecule has 0 aliphatic heterocycles. The minimum atomic E-state index is -0.654. The van der Waals surface area contributed by atoms with Crippen LogP contribution in [-0.2, 0) is 4.79 Å². The fourth-order valence-electron chi connectivity index (χ4n) is 3.02. The maximum Gasteiger partial charge on any atom is 0.255 e. The number of carbonyl (C=O) groups excluding carboxylic acids is 2. The van der Waals surface area contributed by atoms with Gasteiger partial charge in [0.2, 0.25) is 0 Å². The summed E-state index contributed by atoms with van der Waals surface area (Å²) < 4.78 is 10.6. The first-order valence-electron chi connectivity index (χ1n) is 9.62. The zero-order chi connectivity index (χ0) is 22.4. The number of nitrogens with two attached hydrogens (primary N) is 1. The summed E-state index contributed by atoms with van der Waals surface area (Å²) in [6.45, 7) is 1.59. The van der Waals surface area contributed by atoms with Crippen LogP contribution in [-0.4, -0.2) is 35.5 Å². The number of hydrogen-bond donors (Lipinski definition) is 3. The van der Waals surface area contributed by atoms with E-state index in [1.54, 1.807) is 6.20 Å². The lowest BCUT2D eigenvalue weighted by molar-refractivity contribution is -0.119. The number of methoxy groups -OCH3 is 1. The monoisotopic (exact) mass is 442 g/mol. The quantitative estimate of drug-likeness (QED) is 0.468. The number of rotatable bonds is 9. The third-order valence-corrected chi connectivity index (χ3v) is 4.86. The standard InChI is InChI=1S/C22H23ClN4O4/c1-3-16(21-25-11-17(26-21)13-7-5-4-6-8-13)27-22(29)14-9-15(23)20(18(10-14)30-2)31-12-19(24)28/h4-11,16H,3,12H2,1-2H3,(H2,24,28)(H,25,26)(H,27,29). The molecule has 0 aliphatic rings. The number of aromatic amines is 1. The molecule has 0 fully saturated rings. The topological polar surface area (TPSA) is 119 Å². The van der Waals surface area contributed by atoms with Crippen LogP contribution in [0.3, 0.4) is 0 Å². The summed E-state index contributed by atoms with van der Waals surface area (Å²) in [5, 5.41) is 3.08. The number of H-pyrrole nitrogens is 1. The van der Waals surface area contributed by atoms with E-state index < -0.39 is 5.91 Å². The average molecular weight is 443 g/mol. The highest BCUT2D eigenvalue weighted by Crippen LogP contribution is 2.36. The molecule has 162 valence electrons. The molecular weight excluding hydrogens is 420 g/mol. The van der Waals surface area contributed by atoms with Gasteiger partial charge in [-0.2, -0.15) is 0 Å². The second kappa shape index (κ2) is 9.99. The summed E-state index contributed by atoms with van der Waals surface area (Å²) in [4.78, 5) is 31.6. The maximum atomic E-state index is 12.9. The fraction of sp³-hybridized carbons (Fsp3) is 0.227. The van der Waals surface area contributed by atoms with Crippen molar-refractivity contribution in [2.24, 2.45) is 5.73 Å². The Hall–Kier alpha value is -3.52. The largest absolute Gasteiger partial charge is 0.493 e. The van der Waals surface area contributed by atoms with Gasteiger partial charge in [0.15, 0.2) is 18.1 Å². The van der Waals surface area contributed by atoms with Crippen molar-refractivity contribution in [3.05, 3.63) is 65.1 Å². The van der Waals surface area contributed by atoms with Gasteiger partial charge in [-0.15, -0.1) is 0 Å². The smallest absolute Gasteiger partial charge is 0.255 e. The Morgan fingerprint density at radius 3 is 2.65 bits per heavy atom. The van der Waals surface area contributed by atoms with Crippen LogP contribution in [0.1, 0.15) is 35.6 Å². The lowest BCUT2D eigenvalue weighted by Gasteiger charge is -2.17. The second-order valence-corrected chi connectivity index (χ2v) is 7.13. The molecule has 1 atom stereocenters. The molecule has 0 aliphatic carbocycles. The van der Waals surface area contributed by atoms with Crippen LogP contribution >= 0.6 is 11.6 Å². The van der Waals surface area contributed by atoms with Crippen LogP contribution in [0.15, 0.2) is 48.7 Å². The van der Waals surface area contributed by atoms with Gasteiger partial charge in [-0.3, -0.25) is 9.59 Å². The molecule has 0 saturated heterocycles. The summed E-state index contributed by atoms with van der Waals surface area (Å²) in [7, 11) is 1.41. The first-order chi connectivity index (χ1) is 14.9. The zero-order valence-corrected chi connectivity index (χ0v) is 17.9. The molecule has 3 aromatic rings. The van der Waals surface area contributed by atoms with Crippen LogP contribution in [0, 0.1) is 0 Å². The highest BCUT2D eigenvalue weighted by atomic mass is 35.5. The molecule has 0 spiro atoms. The number of carbonyl (C=O) groups is 2. The highest BCUT2D eigenvalue weighted by Gasteiger charge is 2.21. The molecular formula is C22H23ClN4O4. The van der Waals surface area contributed by atoms with Crippen LogP contribution in [0.25, 0.3) is 11.3 Å². The number of aromatic nitrogens is 2. The van der Waals surface area contributed by atoms with Crippen molar-refractivity contribution in [2.75, 3.05) is 13.7 Å². The second-order valence-electron chi connectivity index (χ2n) is 6.73. The summed E-state index contributed by atoms with van der Waals surface area (Å²) in [6, 6.07) is 12.4. The number of amides is 2. The van der Waals surface area contributed by atoms with E-state index in [2.05, 4.69) is 15.3 Å². The van der Waals surface area contributed by atoms with Gasteiger partial charge in [-0.25, -0.2) is 4.98 Å². The summed E-state index contributed by atoms with van der Waals surface area (Å²) in [5.74, 6) is 0.000734. The van der Waals surface area contributed by atoms with Gasteiger partial charge in [0.05, 0.1) is 30.1 Å². The number of nitrogens with one attached hydrogen (secondary N) is 2. The van der Waals surface area contributed by atoms with Gasteiger partial charge < -0.3 is 25.5 Å². The van der Waals surface area contributed by atoms with Crippen molar-refractivity contribution >= 4 is 23.4 Å². The number of hydrogen-bond acceptors (Lipinski definition) is 5. The lowest BCUT2D eigenvalue weighted by atomic mass is 10.1. The van der Waals surface area contributed by atoms with E-state index in [1.807, 2.05) is 37.3 Å². The van der Waals surface area contributed by atoms with Crippen molar-refractivity contribution in [3.8, 4) is 22.8 Å². The van der Waals surface area contributed by atoms with E-state index in [4.69, 9.17) is 26.8 Å². The van der Waals surface area contributed by atoms with Gasteiger partial charge in [-0.1, -0.05) is 48.9 Å². The van der Waals surface area contributed by atoms with Gasteiger partial charge in [-0.05, 0) is 24.1 Å². The molecule has 0 radical (unpaired) electrons. The van der Waals surface area contributed by atoms with Crippen LogP contribution in [0.5, 0.6) is 11.5 Å². The molecule has 4 N–H and O–H groups in total. The van der Waals surface area contributed by atoms with Crippen molar-refractivity contribution < 1.29 is 19.1 Å². The van der Waals surface area contributed by atoms with Gasteiger partial charge in [0.25, 0.3) is 11.8 Å². The average Bonchev–Trinajstić information content (AvgIpc) is 3.26. The summed E-state index contributed by atoms with van der Waals surface area (Å²) in [6.07, 6.45) is 2.36. The minimum Gasteiger partial charge on any atom is -0.493 e.